The third-order valence-electron chi connectivity index (χ3n) is 4.42. The Balaban J connectivity index is 1.97. The van der Waals surface area contributed by atoms with Crippen molar-refractivity contribution in [1.82, 2.24) is 4.90 Å². The molecule has 1 aromatic heterocycles. The van der Waals surface area contributed by atoms with E-state index in [-0.39, 0.29) is 11.4 Å². The van der Waals surface area contributed by atoms with E-state index in [2.05, 4.69) is 11.8 Å². The number of fused-ring (bicyclic) bond motifs is 1. The summed E-state index contributed by atoms with van der Waals surface area (Å²) in [6.07, 6.45) is 2.40. The zero-order chi connectivity index (χ0) is 15.0. The van der Waals surface area contributed by atoms with Gasteiger partial charge in [0, 0.05) is 18.0 Å². The SMILES string of the molecule is Cc1cc2oc(=O)cc(CN3CCC(C)CC3)c2cc1O. The summed E-state index contributed by atoms with van der Waals surface area (Å²) >= 11 is 0. The molecular weight excluding hydrogens is 266 g/mol. The smallest absolute Gasteiger partial charge is 0.336 e. The first kappa shape index (κ1) is 14.1. The Morgan fingerprint density at radius 2 is 2.00 bits per heavy atom. The maximum Gasteiger partial charge on any atom is 0.336 e. The summed E-state index contributed by atoms with van der Waals surface area (Å²) < 4.78 is 5.26. The summed E-state index contributed by atoms with van der Waals surface area (Å²) in [5, 5.41) is 10.7. The molecule has 0 amide bonds. The molecule has 0 radical (unpaired) electrons. The Morgan fingerprint density at radius 3 is 2.71 bits per heavy atom. The zero-order valence-electron chi connectivity index (χ0n) is 12.6. The number of aryl methyl sites for hydroxylation is 1. The van der Waals surface area contributed by atoms with Crippen molar-refractivity contribution in [3.05, 3.63) is 39.7 Å². The van der Waals surface area contributed by atoms with E-state index in [1.54, 1.807) is 25.1 Å². The number of likely N-dealkylation sites (tertiary alicyclic amines) is 1. The van der Waals surface area contributed by atoms with Gasteiger partial charge in [0.15, 0.2) is 0 Å². The van der Waals surface area contributed by atoms with Crippen LogP contribution in [0, 0.1) is 12.8 Å². The van der Waals surface area contributed by atoms with Gasteiger partial charge in [-0.2, -0.15) is 0 Å². The van der Waals surface area contributed by atoms with E-state index in [4.69, 9.17) is 4.42 Å². The maximum atomic E-state index is 11.7. The van der Waals surface area contributed by atoms with Crippen LogP contribution in [0.2, 0.25) is 0 Å². The third-order valence-corrected chi connectivity index (χ3v) is 4.42. The highest BCUT2D eigenvalue weighted by Crippen LogP contribution is 2.27. The van der Waals surface area contributed by atoms with Gasteiger partial charge in [-0.1, -0.05) is 6.92 Å². The lowest BCUT2D eigenvalue weighted by atomic mass is 9.98. The molecule has 0 bridgehead atoms. The summed E-state index contributed by atoms with van der Waals surface area (Å²) in [7, 11) is 0. The van der Waals surface area contributed by atoms with Gasteiger partial charge in [0.25, 0.3) is 0 Å². The van der Waals surface area contributed by atoms with E-state index < -0.39 is 0 Å². The van der Waals surface area contributed by atoms with Crippen molar-refractivity contribution < 1.29 is 9.52 Å². The Kier molecular flexibility index (Phi) is 3.72. The van der Waals surface area contributed by atoms with Crippen LogP contribution in [0.5, 0.6) is 5.75 Å². The fourth-order valence-electron chi connectivity index (χ4n) is 2.96. The Morgan fingerprint density at radius 1 is 1.29 bits per heavy atom. The van der Waals surface area contributed by atoms with Gasteiger partial charge in [-0.3, -0.25) is 4.90 Å². The standard InChI is InChI=1S/C17H21NO3/c1-11-3-5-18(6-4-11)10-13-8-17(20)21-16-7-12(2)15(19)9-14(13)16/h7-9,11,19H,3-6,10H2,1-2H3. The average Bonchev–Trinajstić information content (AvgIpc) is 2.43. The molecule has 1 aliphatic rings. The van der Waals surface area contributed by atoms with Crippen molar-refractivity contribution in [2.24, 2.45) is 5.92 Å². The highest BCUT2D eigenvalue weighted by atomic mass is 16.4. The first-order valence-corrected chi connectivity index (χ1v) is 7.51. The van der Waals surface area contributed by atoms with Crippen molar-refractivity contribution in [2.75, 3.05) is 13.1 Å². The molecule has 1 fully saturated rings. The van der Waals surface area contributed by atoms with Gasteiger partial charge < -0.3 is 9.52 Å². The van der Waals surface area contributed by atoms with E-state index in [0.29, 0.717) is 5.58 Å². The minimum atomic E-state index is -0.326. The van der Waals surface area contributed by atoms with Crippen LogP contribution in [0.1, 0.15) is 30.9 Å². The maximum absolute atomic E-state index is 11.7. The number of phenolic OH excluding ortho intramolecular Hbond substituents is 1. The molecule has 0 unspecified atom stereocenters. The lowest BCUT2D eigenvalue weighted by molar-refractivity contribution is 0.185. The highest BCUT2D eigenvalue weighted by Gasteiger charge is 2.17. The van der Waals surface area contributed by atoms with Gasteiger partial charge in [0.2, 0.25) is 0 Å². The topological polar surface area (TPSA) is 53.7 Å². The van der Waals surface area contributed by atoms with Gasteiger partial charge in [-0.15, -0.1) is 0 Å². The first-order valence-electron chi connectivity index (χ1n) is 7.51. The molecule has 21 heavy (non-hydrogen) atoms. The van der Waals surface area contributed by atoms with Crippen LogP contribution in [0.3, 0.4) is 0 Å². The van der Waals surface area contributed by atoms with Crippen LogP contribution in [0.4, 0.5) is 0 Å². The van der Waals surface area contributed by atoms with E-state index >= 15 is 0 Å². The van der Waals surface area contributed by atoms with Crippen molar-refractivity contribution in [3.63, 3.8) is 0 Å². The molecule has 1 aliphatic heterocycles. The van der Waals surface area contributed by atoms with Crippen LogP contribution in [0.15, 0.2) is 27.4 Å². The van der Waals surface area contributed by atoms with Crippen LogP contribution in [-0.2, 0) is 6.54 Å². The molecule has 0 atom stereocenters. The molecule has 112 valence electrons. The van der Waals surface area contributed by atoms with E-state index in [1.807, 2.05) is 0 Å². The molecule has 0 aliphatic carbocycles. The Bertz CT molecular complexity index is 712. The number of rotatable bonds is 2. The van der Waals surface area contributed by atoms with Crippen LogP contribution in [0.25, 0.3) is 11.0 Å². The second-order valence-corrected chi connectivity index (χ2v) is 6.18. The second kappa shape index (κ2) is 5.53. The Labute approximate surface area is 124 Å². The van der Waals surface area contributed by atoms with Crippen molar-refractivity contribution in [3.8, 4) is 5.75 Å². The van der Waals surface area contributed by atoms with E-state index in [1.165, 1.54) is 12.8 Å². The van der Waals surface area contributed by atoms with Gasteiger partial charge in [-0.25, -0.2) is 4.79 Å². The number of nitrogens with zero attached hydrogens (tertiary/aromatic N) is 1. The molecule has 1 saturated heterocycles. The number of phenols is 1. The predicted molar refractivity (Wildman–Crippen MR) is 82.6 cm³/mol. The van der Waals surface area contributed by atoms with E-state index in [0.717, 1.165) is 42.1 Å². The van der Waals surface area contributed by atoms with Gasteiger partial charge >= 0.3 is 5.63 Å². The molecule has 4 heteroatoms. The second-order valence-electron chi connectivity index (χ2n) is 6.18. The molecule has 1 aromatic carbocycles. The quantitative estimate of drug-likeness (QED) is 0.863. The number of hydrogen-bond donors (Lipinski definition) is 1. The van der Waals surface area contributed by atoms with Gasteiger partial charge in [-0.05, 0) is 62.0 Å². The third kappa shape index (κ3) is 2.95. The monoisotopic (exact) mass is 287 g/mol. The predicted octanol–water partition coefficient (Wildman–Crippen LogP) is 3.04. The molecule has 0 spiro atoms. The summed E-state index contributed by atoms with van der Waals surface area (Å²) in [6.45, 7) is 6.93. The largest absolute Gasteiger partial charge is 0.508 e. The Hall–Kier alpha value is -1.81. The van der Waals surface area contributed by atoms with Crippen LogP contribution in [-0.4, -0.2) is 23.1 Å². The lowest BCUT2D eigenvalue weighted by Crippen LogP contribution is -2.32. The van der Waals surface area contributed by atoms with Crippen molar-refractivity contribution in [1.29, 1.82) is 0 Å². The summed E-state index contributed by atoms with van der Waals surface area (Å²) in [4.78, 5) is 14.1. The van der Waals surface area contributed by atoms with Crippen molar-refractivity contribution >= 4 is 11.0 Å². The normalized spacial score (nSPS) is 17.4. The first-order chi connectivity index (χ1) is 10.0. The molecule has 0 saturated carbocycles. The number of hydrogen-bond acceptors (Lipinski definition) is 4. The van der Waals surface area contributed by atoms with Crippen LogP contribution < -0.4 is 5.63 Å². The molecule has 2 aromatic rings. The minimum Gasteiger partial charge on any atom is -0.508 e. The molecule has 4 nitrogen and oxygen atoms in total. The summed E-state index contributed by atoms with van der Waals surface area (Å²) in [5.74, 6) is 1.02. The molecule has 3 rings (SSSR count). The molecular formula is C17H21NO3. The number of piperidine rings is 1. The fourth-order valence-corrected chi connectivity index (χ4v) is 2.96. The zero-order valence-corrected chi connectivity index (χ0v) is 12.6. The average molecular weight is 287 g/mol. The summed E-state index contributed by atoms with van der Waals surface area (Å²) in [6, 6.07) is 4.98. The van der Waals surface area contributed by atoms with Gasteiger partial charge in [0.05, 0.1) is 0 Å². The number of aromatic hydroxyl groups is 1. The minimum absolute atomic E-state index is 0.241. The van der Waals surface area contributed by atoms with Crippen LogP contribution >= 0.6 is 0 Å². The van der Waals surface area contributed by atoms with E-state index in [9.17, 15) is 9.90 Å². The summed E-state index contributed by atoms with van der Waals surface area (Å²) in [5.41, 5.74) is 1.88. The van der Waals surface area contributed by atoms with Crippen molar-refractivity contribution in [2.45, 2.75) is 33.2 Å². The highest BCUT2D eigenvalue weighted by molar-refractivity contribution is 5.82. The number of benzene rings is 1. The lowest BCUT2D eigenvalue weighted by Gasteiger charge is -2.30. The fraction of sp³-hybridized carbons (Fsp3) is 0.471. The van der Waals surface area contributed by atoms with Gasteiger partial charge in [0.1, 0.15) is 11.3 Å². The molecule has 1 N–H and O–H groups in total. The molecule has 2 heterocycles.